The number of ether oxygens (including phenoxy) is 1. The van der Waals surface area contributed by atoms with Crippen molar-refractivity contribution in [2.75, 3.05) is 0 Å². The second-order valence-corrected chi connectivity index (χ2v) is 4.14. The smallest absolute Gasteiger partial charge is 0.157 e. The second-order valence-electron chi connectivity index (χ2n) is 4.14. The van der Waals surface area contributed by atoms with E-state index in [1.807, 2.05) is 48.5 Å². The van der Waals surface area contributed by atoms with E-state index in [2.05, 4.69) is 10.2 Å². The number of nitrogens with zero attached hydrogens (tertiary/aromatic N) is 2. The van der Waals surface area contributed by atoms with E-state index in [0.717, 1.165) is 22.2 Å². The molecule has 2 N–H and O–H groups in total. The highest BCUT2D eigenvalue weighted by molar-refractivity contribution is 5.84. The lowest BCUT2D eigenvalue weighted by Gasteiger charge is -2.10. The van der Waals surface area contributed by atoms with E-state index in [1.54, 1.807) is 6.20 Å². The minimum atomic E-state index is 0.437. The summed E-state index contributed by atoms with van der Waals surface area (Å²) in [5.74, 6) is 1.44. The number of benzene rings is 2. The summed E-state index contributed by atoms with van der Waals surface area (Å²) in [5.41, 5.74) is 7.48. The average Bonchev–Trinajstić information content (AvgIpc) is 2.48. The fourth-order valence-corrected chi connectivity index (χ4v) is 1.95. The first-order valence-electron chi connectivity index (χ1n) is 6.05. The molecule has 4 nitrogen and oxygen atoms in total. The van der Waals surface area contributed by atoms with Crippen LogP contribution in [0.3, 0.4) is 0 Å². The summed E-state index contributed by atoms with van der Waals surface area (Å²) in [4.78, 5) is 0. The molecule has 0 unspecified atom stereocenters. The van der Waals surface area contributed by atoms with Gasteiger partial charge in [-0.1, -0.05) is 30.3 Å². The summed E-state index contributed by atoms with van der Waals surface area (Å²) in [6.45, 7) is 0.437. The van der Waals surface area contributed by atoms with E-state index in [0.29, 0.717) is 12.3 Å². The van der Waals surface area contributed by atoms with Crippen LogP contribution >= 0.6 is 0 Å². The number of fused-ring (bicyclic) bond motifs is 1. The number of rotatable bonds is 3. The van der Waals surface area contributed by atoms with E-state index in [1.165, 1.54) is 0 Å². The number of hydrogen-bond donors (Lipinski definition) is 1. The summed E-state index contributed by atoms with van der Waals surface area (Å²) < 4.78 is 5.93. The third-order valence-corrected chi connectivity index (χ3v) is 2.92. The highest BCUT2D eigenvalue weighted by Gasteiger charge is 2.07. The Labute approximate surface area is 110 Å². The lowest BCUT2D eigenvalue weighted by atomic mass is 10.2. The zero-order valence-corrected chi connectivity index (χ0v) is 10.3. The molecule has 4 heteroatoms. The molecule has 0 radical (unpaired) electrons. The molecule has 0 saturated heterocycles. The Morgan fingerprint density at radius 2 is 1.74 bits per heavy atom. The minimum absolute atomic E-state index is 0.437. The summed E-state index contributed by atoms with van der Waals surface area (Å²) in [7, 11) is 0. The molecule has 94 valence electrons. The van der Waals surface area contributed by atoms with E-state index in [-0.39, 0.29) is 0 Å². The Morgan fingerprint density at radius 1 is 0.947 bits per heavy atom. The van der Waals surface area contributed by atoms with Gasteiger partial charge < -0.3 is 10.5 Å². The van der Waals surface area contributed by atoms with Gasteiger partial charge in [0.15, 0.2) is 5.75 Å². The van der Waals surface area contributed by atoms with Crippen molar-refractivity contribution < 1.29 is 4.74 Å². The molecule has 19 heavy (non-hydrogen) atoms. The Hall–Kier alpha value is -2.46. The molecule has 0 aliphatic heterocycles. The van der Waals surface area contributed by atoms with Crippen molar-refractivity contribution in [3.63, 3.8) is 0 Å². The number of para-hydroxylation sites is 1. The lowest BCUT2D eigenvalue weighted by Crippen LogP contribution is -1.99. The van der Waals surface area contributed by atoms with Gasteiger partial charge in [-0.05, 0) is 18.2 Å². The second kappa shape index (κ2) is 5.04. The van der Waals surface area contributed by atoms with Crippen LogP contribution in [-0.2, 0) is 6.54 Å². The third kappa shape index (κ3) is 2.26. The van der Waals surface area contributed by atoms with Gasteiger partial charge in [0.1, 0.15) is 5.75 Å². The molecule has 0 bridgehead atoms. The highest BCUT2D eigenvalue weighted by atomic mass is 16.5. The van der Waals surface area contributed by atoms with Gasteiger partial charge in [-0.3, -0.25) is 0 Å². The van der Waals surface area contributed by atoms with Crippen LogP contribution in [0.15, 0.2) is 54.7 Å². The zero-order chi connectivity index (χ0) is 13.1. The summed E-state index contributed by atoms with van der Waals surface area (Å²) in [6.07, 6.45) is 1.62. The fraction of sp³-hybridized carbons (Fsp3) is 0.0667. The number of aromatic nitrogens is 2. The van der Waals surface area contributed by atoms with E-state index >= 15 is 0 Å². The van der Waals surface area contributed by atoms with Crippen LogP contribution in [0, 0.1) is 0 Å². The maximum Gasteiger partial charge on any atom is 0.157 e. The van der Waals surface area contributed by atoms with Gasteiger partial charge in [-0.2, -0.15) is 10.2 Å². The fourth-order valence-electron chi connectivity index (χ4n) is 1.95. The van der Waals surface area contributed by atoms with Crippen molar-refractivity contribution in [3.8, 4) is 11.5 Å². The molecular formula is C15H13N3O. The average molecular weight is 251 g/mol. The van der Waals surface area contributed by atoms with Crippen LogP contribution in [0.1, 0.15) is 5.56 Å². The predicted octanol–water partition coefficient (Wildman–Crippen LogP) is 2.88. The van der Waals surface area contributed by atoms with Crippen LogP contribution in [-0.4, -0.2) is 10.2 Å². The molecule has 0 amide bonds. The molecule has 3 rings (SSSR count). The molecule has 0 aliphatic carbocycles. The van der Waals surface area contributed by atoms with Gasteiger partial charge in [0.25, 0.3) is 0 Å². The Bertz CT molecular complexity index is 707. The maximum atomic E-state index is 5.93. The third-order valence-electron chi connectivity index (χ3n) is 2.92. The van der Waals surface area contributed by atoms with E-state index < -0.39 is 0 Å². The maximum absolute atomic E-state index is 5.93. The molecule has 0 spiro atoms. The van der Waals surface area contributed by atoms with Crippen LogP contribution < -0.4 is 10.5 Å². The lowest BCUT2D eigenvalue weighted by molar-refractivity contribution is 0.478. The summed E-state index contributed by atoms with van der Waals surface area (Å²) in [5, 5.41) is 8.96. The van der Waals surface area contributed by atoms with Crippen molar-refractivity contribution in [1.82, 2.24) is 10.2 Å². The standard InChI is InChI=1S/C15H13N3O/c16-9-11-5-1-4-8-14(11)19-15-10-17-18-13-7-3-2-6-12(13)15/h1-8,10H,9,16H2. The van der Waals surface area contributed by atoms with Crippen molar-refractivity contribution in [2.24, 2.45) is 5.73 Å². The summed E-state index contributed by atoms with van der Waals surface area (Å²) in [6, 6.07) is 15.5. The Kier molecular flexibility index (Phi) is 3.08. The van der Waals surface area contributed by atoms with Gasteiger partial charge in [-0.25, -0.2) is 0 Å². The van der Waals surface area contributed by atoms with Crippen LogP contribution in [0.2, 0.25) is 0 Å². The predicted molar refractivity (Wildman–Crippen MR) is 73.9 cm³/mol. The number of nitrogens with two attached hydrogens (primary N) is 1. The first kappa shape index (κ1) is 11.6. The molecule has 0 fully saturated rings. The largest absolute Gasteiger partial charge is 0.455 e. The van der Waals surface area contributed by atoms with Crippen molar-refractivity contribution in [3.05, 3.63) is 60.3 Å². The Morgan fingerprint density at radius 3 is 2.63 bits per heavy atom. The normalized spacial score (nSPS) is 10.6. The van der Waals surface area contributed by atoms with Crippen molar-refractivity contribution in [2.45, 2.75) is 6.54 Å². The molecule has 1 aromatic heterocycles. The first-order chi connectivity index (χ1) is 9.38. The van der Waals surface area contributed by atoms with Crippen molar-refractivity contribution >= 4 is 10.9 Å². The van der Waals surface area contributed by atoms with Crippen LogP contribution in [0.5, 0.6) is 11.5 Å². The molecule has 0 aliphatic rings. The minimum Gasteiger partial charge on any atom is -0.455 e. The van der Waals surface area contributed by atoms with E-state index in [4.69, 9.17) is 10.5 Å². The topological polar surface area (TPSA) is 61.0 Å². The van der Waals surface area contributed by atoms with Gasteiger partial charge >= 0.3 is 0 Å². The van der Waals surface area contributed by atoms with Crippen molar-refractivity contribution in [1.29, 1.82) is 0 Å². The Balaban J connectivity index is 2.06. The molecule has 2 aromatic carbocycles. The first-order valence-corrected chi connectivity index (χ1v) is 6.05. The monoisotopic (exact) mass is 251 g/mol. The number of hydrogen-bond acceptors (Lipinski definition) is 4. The van der Waals surface area contributed by atoms with Gasteiger partial charge in [0.2, 0.25) is 0 Å². The van der Waals surface area contributed by atoms with Crippen LogP contribution in [0.25, 0.3) is 10.9 Å². The summed E-state index contributed by atoms with van der Waals surface area (Å²) >= 11 is 0. The van der Waals surface area contributed by atoms with Crippen LogP contribution in [0.4, 0.5) is 0 Å². The molecule has 0 atom stereocenters. The molecule has 3 aromatic rings. The quantitative estimate of drug-likeness (QED) is 0.777. The molecule has 1 heterocycles. The molecule has 0 saturated carbocycles. The molecular weight excluding hydrogens is 238 g/mol. The SMILES string of the molecule is NCc1ccccc1Oc1cnnc2ccccc12. The van der Waals surface area contributed by atoms with Gasteiger partial charge in [0, 0.05) is 17.5 Å². The van der Waals surface area contributed by atoms with Gasteiger partial charge in [0.05, 0.1) is 11.7 Å². The zero-order valence-electron chi connectivity index (χ0n) is 10.3. The van der Waals surface area contributed by atoms with E-state index in [9.17, 15) is 0 Å². The highest BCUT2D eigenvalue weighted by Crippen LogP contribution is 2.29. The van der Waals surface area contributed by atoms with Gasteiger partial charge in [-0.15, -0.1) is 0 Å².